The third-order valence-corrected chi connectivity index (χ3v) is 3.30. The molecule has 4 heteroatoms. The van der Waals surface area contributed by atoms with Crippen molar-refractivity contribution in [2.75, 3.05) is 5.73 Å². The van der Waals surface area contributed by atoms with Crippen molar-refractivity contribution in [1.82, 2.24) is 10.1 Å². The van der Waals surface area contributed by atoms with Crippen molar-refractivity contribution in [3.05, 3.63) is 30.2 Å². The van der Waals surface area contributed by atoms with E-state index in [1.165, 1.54) is 19.3 Å². The lowest BCUT2D eigenvalue weighted by Crippen LogP contribution is -2.13. The SMILES string of the molecule is Nc1cccc(-c2noc(CC3CCC3)n2)c1. The minimum atomic E-state index is 0.631. The van der Waals surface area contributed by atoms with Crippen LogP contribution >= 0.6 is 0 Å². The molecule has 2 aromatic rings. The first-order valence-electron chi connectivity index (χ1n) is 6.00. The van der Waals surface area contributed by atoms with Gasteiger partial charge in [0, 0.05) is 17.7 Å². The van der Waals surface area contributed by atoms with Gasteiger partial charge in [0.15, 0.2) is 0 Å². The van der Waals surface area contributed by atoms with E-state index in [1.54, 1.807) is 0 Å². The quantitative estimate of drug-likeness (QED) is 0.822. The summed E-state index contributed by atoms with van der Waals surface area (Å²) in [5.41, 5.74) is 7.35. The Balaban J connectivity index is 1.79. The summed E-state index contributed by atoms with van der Waals surface area (Å²) in [4.78, 5) is 4.41. The van der Waals surface area contributed by atoms with E-state index in [1.807, 2.05) is 24.3 Å². The fourth-order valence-corrected chi connectivity index (χ4v) is 2.08. The molecular weight excluding hydrogens is 214 g/mol. The zero-order valence-electron chi connectivity index (χ0n) is 9.60. The van der Waals surface area contributed by atoms with Crippen LogP contribution in [0.25, 0.3) is 11.4 Å². The number of benzene rings is 1. The lowest BCUT2D eigenvalue weighted by Gasteiger charge is -2.23. The fraction of sp³-hybridized carbons (Fsp3) is 0.385. The minimum absolute atomic E-state index is 0.631. The zero-order valence-corrected chi connectivity index (χ0v) is 9.60. The summed E-state index contributed by atoms with van der Waals surface area (Å²) in [7, 11) is 0. The Morgan fingerprint density at radius 1 is 1.35 bits per heavy atom. The Bertz CT molecular complexity index is 517. The lowest BCUT2D eigenvalue weighted by atomic mass is 9.83. The summed E-state index contributed by atoms with van der Waals surface area (Å²) >= 11 is 0. The Morgan fingerprint density at radius 2 is 2.24 bits per heavy atom. The van der Waals surface area contributed by atoms with E-state index in [9.17, 15) is 0 Å². The van der Waals surface area contributed by atoms with E-state index in [0.29, 0.717) is 11.5 Å². The summed E-state index contributed by atoms with van der Waals surface area (Å²) in [6.07, 6.45) is 4.82. The largest absolute Gasteiger partial charge is 0.399 e. The smallest absolute Gasteiger partial charge is 0.227 e. The van der Waals surface area contributed by atoms with Crippen LogP contribution in [0.4, 0.5) is 5.69 Å². The number of aromatic nitrogens is 2. The number of hydrogen-bond acceptors (Lipinski definition) is 4. The molecule has 0 unspecified atom stereocenters. The van der Waals surface area contributed by atoms with Gasteiger partial charge in [0.1, 0.15) is 0 Å². The van der Waals surface area contributed by atoms with Crippen LogP contribution in [0.3, 0.4) is 0 Å². The number of hydrogen-bond donors (Lipinski definition) is 1. The molecule has 2 N–H and O–H groups in total. The van der Waals surface area contributed by atoms with E-state index >= 15 is 0 Å². The van der Waals surface area contributed by atoms with Crippen LogP contribution in [0.15, 0.2) is 28.8 Å². The van der Waals surface area contributed by atoms with Gasteiger partial charge in [0.25, 0.3) is 0 Å². The molecule has 1 aliphatic rings. The van der Waals surface area contributed by atoms with Crippen molar-refractivity contribution in [2.45, 2.75) is 25.7 Å². The summed E-state index contributed by atoms with van der Waals surface area (Å²) in [5, 5.41) is 4.00. The Kier molecular flexibility index (Phi) is 2.55. The van der Waals surface area contributed by atoms with Crippen LogP contribution < -0.4 is 5.73 Å². The van der Waals surface area contributed by atoms with Crippen molar-refractivity contribution < 1.29 is 4.52 Å². The average Bonchev–Trinajstić information content (AvgIpc) is 2.72. The second kappa shape index (κ2) is 4.20. The maximum absolute atomic E-state index is 5.73. The number of anilines is 1. The maximum Gasteiger partial charge on any atom is 0.227 e. The highest BCUT2D eigenvalue weighted by Crippen LogP contribution is 2.29. The molecule has 1 aromatic heterocycles. The Labute approximate surface area is 99.8 Å². The topological polar surface area (TPSA) is 64.9 Å². The average molecular weight is 229 g/mol. The normalized spacial score (nSPS) is 15.8. The van der Waals surface area contributed by atoms with Gasteiger partial charge < -0.3 is 10.3 Å². The summed E-state index contributed by atoms with van der Waals surface area (Å²) < 4.78 is 5.26. The van der Waals surface area contributed by atoms with Crippen molar-refractivity contribution in [1.29, 1.82) is 0 Å². The molecule has 88 valence electrons. The third-order valence-electron chi connectivity index (χ3n) is 3.30. The molecular formula is C13H15N3O. The molecule has 0 bridgehead atoms. The first-order valence-corrected chi connectivity index (χ1v) is 6.00. The summed E-state index contributed by atoms with van der Waals surface area (Å²) in [5.74, 6) is 2.11. The molecule has 0 radical (unpaired) electrons. The van der Waals surface area contributed by atoms with Crippen LogP contribution in [-0.2, 0) is 6.42 Å². The second-order valence-corrected chi connectivity index (χ2v) is 4.64. The van der Waals surface area contributed by atoms with Gasteiger partial charge in [-0.25, -0.2) is 0 Å². The van der Waals surface area contributed by atoms with Crippen LogP contribution in [0, 0.1) is 5.92 Å². The zero-order chi connectivity index (χ0) is 11.7. The second-order valence-electron chi connectivity index (χ2n) is 4.64. The molecule has 1 saturated carbocycles. The molecule has 1 heterocycles. The predicted octanol–water partition coefficient (Wildman–Crippen LogP) is 2.66. The van der Waals surface area contributed by atoms with Crippen molar-refractivity contribution in [2.24, 2.45) is 5.92 Å². The Hall–Kier alpha value is -1.84. The highest BCUT2D eigenvalue weighted by molar-refractivity contribution is 5.60. The van der Waals surface area contributed by atoms with Crippen LogP contribution in [-0.4, -0.2) is 10.1 Å². The predicted molar refractivity (Wildman–Crippen MR) is 65.2 cm³/mol. The van der Waals surface area contributed by atoms with Crippen LogP contribution in [0.2, 0.25) is 0 Å². The van der Waals surface area contributed by atoms with E-state index in [4.69, 9.17) is 10.3 Å². The van der Waals surface area contributed by atoms with Crippen molar-refractivity contribution in [3.63, 3.8) is 0 Å². The number of nitrogens with zero attached hydrogens (tertiary/aromatic N) is 2. The van der Waals surface area contributed by atoms with E-state index in [2.05, 4.69) is 10.1 Å². The molecule has 1 aliphatic carbocycles. The van der Waals surface area contributed by atoms with E-state index < -0.39 is 0 Å². The molecule has 0 atom stereocenters. The molecule has 17 heavy (non-hydrogen) atoms. The fourth-order valence-electron chi connectivity index (χ4n) is 2.08. The molecule has 0 saturated heterocycles. The molecule has 0 spiro atoms. The van der Waals surface area contributed by atoms with Gasteiger partial charge in [-0.3, -0.25) is 0 Å². The highest BCUT2D eigenvalue weighted by Gasteiger charge is 2.21. The van der Waals surface area contributed by atoms with E-state index in [-0.39, 0.29) is 0 Å². The number of nitrogen functional groups attached to an aromatic ring is 1. The molecule has 1 aromatic carbocycles. The lowest BCUT2D eigenvalue weighted by molar-refractivity contribution is 0.273. The minimum Gasteiger partial charge on any atom is -0.399 e. The standard InChI is InChI=1S/C13H15N3O/c14-11-6-2-5-10(8-11)13-15-12(17-16-13)7-9-3-1-4-9/h2,5-6,8-9H,1,3-4,7,14H2. The van der Waals surface area contributed by atoms with Gasteiger partial charge in [-0.05, 0) is 30.9 Å². The third kappa shape index (κ3) is 2.16. The van der Waals surface area contributed by atoms with Gasteiger partial charge in [0.05, 0.1) is 0 Å². The first-order chi connectivity index (χ1) is 8.31. The monoisotopic (exact) mass is 229 g/mol. The number of nitrogens with two attached hydrogens (primary N) is 1. The van der Waals surface area contributed by atoms with Crippen molar-refractivity contribution in [3.8, 4) is 11.4 Å². The van der Waals surface area contributed by atoms with E-state index in [0.717, 1.165) is 23.8 Å². The first kappa shape index (κ1) is 10.3. The summed E-state index contributed by atoms with van der Waals surface area (Å²) in [6, 6.07) is 7.54. The molecule has 0 amide bonds. The van der Waals surface area contributed by atoms with Crippen molar-refractivity contribution >= 4 is 5.69 Å². The van der Waals surface area contributed by atoms with Crippen LogP contribution in [0.5, 0.6) is 0 Å². The van der Waals surface area contributed by atoms with Crippen LogP contribution in [0.1, 0.15) is 25.2 Å². The Morgan fingerprint density at radius 3 is 2.94 bits per heavy atom. The molecule has 3 rings (SSSR count). The van der Waals surface area contributed by atoms with Gasteiger partial charge in [0.2, 0.25) is 11.7 Å². The molecule has 0 aliphatic heterocycles. The van der Waals surface area contributed by atoms with Gasteiger partial charge in [-0.2, -0.15) is 4.98 Å². The maximum atomic E-state index is 5.73. The van der Waals surface area contributed by atoms with Gasteiger partial charge in [-0.15, -0.1) is 0 Å². The summed E-state index contributed by atoms with van der Waals surface area (Å²) in [6.45, 7) is 0. The van der Waals surface area contributed by atoms with Gasteiger partial charge >= 0.3 is 0 Å². The highest BCUT2D eigenvalue weighted by atomic mass is 16.5. The number of rotatable bonds is 3. The van der Waals surface area contributed by atoms with Gasteiger partial charge in [-0.1, -0.05) is 23.7 Å². The molecule has 4 nitrogen and oxygen atoms in total. The molecule has 1 fully saturated rings.